The van der Waals surface area contributed by atoms with Gasteiger partial charge in [-0.25, -0.2) is 14.6 Å². The van der Waals surface area contributed by atoms with E-state index in [9.17, 15) is 4.79 Å². The maximum Gasteiger partial charge on any atom is 0.262 e. The largest absolute Gasteiger partial charge is 0.440 e. The first-order chi connectivity index (χ1) is 16.2. The first-order valence-corrected chi connectivity index (χ1v) is 11.3. The monoisotopic (exact) mass is 451 g/mol. The number of aromatic amines is 1. The van der Waals surface area contributed by atoms with Gasteiger partial charge in [-0.15, -0.1) is 0 Å². The summed E-state index contributed by atoms with van der Waals surface area (Å²) in [7, 11) is 0. The standard InChI is InChI=1S/C25H17N5O2S/c31-24-19-14-26-30(18-9-5-2-6-10-18)23(19)28-25(29-24)33-15-22-27-20-13-17(11-12-21(20)32-22)16-7-3-1-4-8-16/h1-14H,15H2,(H,28,29,31). The second kappa shape index (κ2) is 8.07. The molecule has 0 unspecified atom stereocenters. The van der Waals surface area contributed by atoms with Gasteiger partial charge in [0.25, 0.3) is 5.56 Å². The second-order valence-corrected chi connectivity index (χ2v) is 8.41. The number of hydrogen-bond donors (Lipinski definition) is 1. The van der Waals surface area contributed by atoms with E-state index < -0.39 is 0 Å². The number of rotatable bonds is 5. The van der Waals surface area contributed by atoms with E-state index >= 15 is 0 Å². The third-order valence-corrected chi connectivity index (χ3v) is 6.15. The lowest BCUT2D eigenvalue weighted by atomic mass is 10.1. The molecule has 1 N–H and O–H groups in total. The van der Waals surface area contributed by atoms with Gasteiger partial charge in [0.05, 0.1) is 17.6 Å². The molecule has 3 heterocycles. The number of thioether (sulfide) groups is 1. The van der Waals surface area contributed by atoms with Crippen molar-refractivity contribution in [1.29, 1.82) is 0 Å². The zero-order valence-corrected chi connectivity index (χ0v) is 18.1. The minimum absolute atomic E-state index is 0.227. The second-order valence-electron chi connectivity index (χ2n) is 7.45. The van der Waals surface area contributed by atoms with Crippen LogP contribution in [-0.2, 0) is 5.75 Å². The van der Waals surface area contributed by atoms with E-state index in [1.54, 1.807) is 4.68 Å². The molecule has 0 spiro atoms. The van der Waals surface area contributed by atoms with Crippen LogP contribution in [0, 0.1) is 0 Å². The van der Waals surface area contributed by atoms with Crippen LogP contribution in [0.1, 0.15) is 5.89 Å². The zero-order valence-electron chi connectivity index (χ0n) is 17.3. The van der Waals surface area contributed by atoms with E-state index in [0.717, 1.165) is 27.9 Å². The summed E-state index contributed by atoms with van der Waals surface area (Å²) in [5.74, 6) is 1.00. The van der Waals surface area contributed by atoms with E-state index in [1.165, 1.54) is 18.0 Å². The van der Waals surface area contributed by atoms with Crippen molar-refractivity contribution in [3.63, 3.8) is 0 Å². The highest BCUT2D eigenvalue weighted by molar-refractivity contribution is 7.98. The Kier molecular flexibility index (Phi) is 4.77. The number of hydrogen-bond acceptors (Lipinski definition) is 6. The average Bonchev–Trinajstić information content (AvgIpc) is 3.47. The van der Waals surface area contributed by atoms with Crippen LogP contribution < -0.4 is 5.56 Å². The Bertz CT molecular complexity index is 1640. The van der Waals surface area contributed by atoms with Crippen LogP contribution in [0.5, 0.6) is 0 Å². The van der Waals surface area contributed by atoms with Crippen molar-refractivity contribution in [2.75, 3.05) is 0 Å². The first kappa shape index (κ1) is 19.5. The Morgan fingerprint density at radius 3 is 2.52 bits per heavy atom. The minimum atomic E-state index is -0.227. The summed E-state index contributed by atoms with van der Waals surface area (Å²) >= 11 is 1.36. The lowest BCUT2D eigenvalue weighted by Crippen LogP contribution is -2.09. The van der Waals surface area contributed by atoms with Crippen LogP contribution in [-0.4, -0.2) is 24.7 Å². The van der Waals surface area contributed by atoms with Gasteiger partial charge in [0.2, 0.25) is 5.89 Å². The third-order valence-electron chi connectivity index (χ3n) is 5.29. The summed E-state index contributed by atoms with van der Waals surface area (Å²) in [6, 6.07) is 25.7. The molecule has 6 aromatic rings. The van der Waals surface area contributed by atoms with E-state index in [4.69, 9.17) is 4.42 Å². The SMILES string of the molecule is O=c1[nH]c(SCc2nc3cc(-c4ccccc4)ccc3o2)nc2c1cnn2-c1ccccc1. The van der Waals surface area contributed by atoms with Gasteiger partial charge in [0.15, 0.2) is 16.4 Å². The molecule has 0 atom stereocenters. The number of fused-ring (bicyclic) bond motifs is 2. The summed E-state index contributed by atoms with van der Waals surface area (Å²) in [6.45, 7) is 0. The number of benzene rings is 3. The molecule has 8 heteroatoms. The number of H-pyrrole nitrogens is 1. The highest BCUT2D eigenvalue weighted by Gasteiger charge is 2.13. The van der Waals surface area contributed by atoms with Gasteiger partial charge in [-0.05, 0) is 35.4 Å². The molecular formula is C25H17N5O2S. The molecule has 7 nitrogen and oxygen atoms in total. The van der Waals surface area contributed by atoms with Crippen molar-refractivity contribution in [2.24, 2.45) is 0 Å². The molecule has 0 aliphatic carbocycles. The van der Waals surface area contributed by atoms with E-state index in [1.807, 2.05) is 66.7 Å². The molecule has 6 rings (SSSR count). The molecular weight excluding hydrogens is 434 g/mol. The summed E-state index contributed by atoms with van der Waals surface area (Å²) in [4.78, 5) is 24.7. The van der Waals surface area contributed by atoms with Gasteiger partial charge >= 0.3 is 0 Å². The number of nitrogens with one attached hydrogen (secondary N) is 1. The van der Waals surface area contributed by atoms with Crippen LogP contribution >= 0.6 is 11.8 Å². The minimum Gasteiger partial charge on any atom is -0.440 e. The molecule has 0 saturated heterocycles. The molecule has 0 aliphatic rings. The maximum atomic E-state index is 12.6. The van der Waals surface area contributed by atoms with Gasteiger partial charge in [0.1, 0.15) is 10.9 Å². The topological polar surface area (TPSA) is 89.6 Å². The summed E-state index contributed by atoms with van der Waals surface area (Å²) in [5.41, 5.74) is 4.86. The van der Waals surface area contributed by atoms with Gasteiger partial charge in [-0.2, -0.15) is 5.10 Å². The molecule has 0 saturated carbocycles. The number of aromatic nitrogens is 5. The molecule has 0 bridgehead atoms. The molecule has 3 aromatic carbocycles. The van der Waals surface area contributed by atoms with Gasteiger partial charge < -0.3 is 9.40 Å². The lowest BCUT2D eigenvalue weighted by molar-refractivity contribution is 0.556. The Hall–Kier alpha value is -4.17. The van der Waals surface area contributed by atoms with Crippen LogP contribution in [0.25, 0.3) is 38.9 Å². The van der Waals surface area contributed by atoms with Crippen LogP contribution in [0.4, 0.5) is 0 Å². The maximum absolute atomic E-state index is 12.6. The Labute approximate surface area is 192 Å². The first-order valence-electron chi connectivity index (χ1n) is 10.4. The molecule has 33 heavy (non-hydrogen) atoms. The quantitative estimate of drug-likeness (QED) is 0.286. The Balaban J connectivity index is 1.28. The molecule has 0 radical (unpaired) electrons. The van der Waals surface area contributed by atoms with Crippen molar-refractivity contribution in [1.82, 2.24) is 24.7 Å². The normalized spacial score (nSPS) is 11.4. The predicted octanol–water partition coefficient (Wildman–Crippen LogP) is 5.21. The van der Waals surface area contributed by atoms with E-state index in [2.05, 4.69) is 32.2 Å². The average molecular weight is 452 g/mol. The zero-order chi connectivity index (χ0) is 22.2. The fourth-order valence-electron chi connectivity index (χ4n) is 3.70. The lowest BCUT2D eigenvalue weighted by Gasteiger charge is -2.03. The van der Waals surface area contributed by atoms with Gasteiger partial charge in [-0.3, -0.25) is 4.79 Å². The molecule has 0 amide bonds. The number of oxazole rings is 1. The third kappa shape index (κ3) is 3.70. The molecule has 0 aliphatic heterocycles. The van der Waals surface area contributed by atoms with Crippen molar-refractivity contribution in [2.45, 2.75) is 10.9 Å². The van der Waals surface area contributed by atoms with Crippen molar-refractivity contribution >= 4 is 33.9 Å². The highest BCUT2D eigenvalue weighted by Crippen LogP contribution is 2.27. The number of para-hydroxylation sites is 1. The van der Waals surface area contributed by atoms with Crippen LogP contribution in [0.2, 0.25) is 0 Å². The highest BCUT2D eigenvalue weighted by atomic mass is 32.2. The van der Waals surface area contributed by atoms with Gasteiger partial charge in [-0.1, -0.05) is 66.4 Å². The van der Waals surface area contributed by atoms with Gasteiger partial charge in [0, 0.05) is 0 Å². The molecule has 0 fully saturated rings. The predicted molar refractivity (Wildman–Crippen MR) is 128 cm³/mol. The summed E-state index contributed by atoms with van der Waals surface area (Å²) < 4.78 is 7.57. The van der Waals surface area contributed by atoms with Crippen molar-refractivity contribution in [3.8, 4) is 16.8 Å². The van der Waals surface area contributed by atoms with Crippen LogP contribution in [0.15, 0.2) is 99.4 Å². The Morgan fingerprint density at radius 1 is 0.909 bits per heavy atom. The van der Waals surface area contributed by atoms with E-state index in [0.29, 0.717) is 27.8 Å². The smallest absolute Gasteiger partial charge is 0.262 e. The van der Waals surface area contributed by atoms with Crippen LogP contribution in [0.3, 0.4) is 0 Å². The summed E-state index contributed by atoms with van der Waals surface area (Å²) in [6.07, 6.45) is 1.54. The molecule has 3 aromatic heterocycles. The van der Waals surface area contributed by atoms with E-state index in [-0.39, 0.29) is 5.56 Å². The van der Waals surface area contributed by atoms with Crippen molar-refractivity contribution in [3.05, 3.63) is 101 Å². The fraction of sp³-hybridized carbons (Fsp3) is 0.0400. The molecule has 160 valence electrons. The summed E-state index contributed by atoms with van der Waals surface area (Å²) in [5, 5.41) is 5.27. The number of nitrogens with zero attached hydrogens (tertiary/aromatic N) is 4. The fourth-order valence-corrected chi connectivity index (χ4v) is 4.40. The van der Waals surface area contributed by atoms with Crippen molar-refractivity contribution < 1.29 is 4.42 Å². The Morgan fingerprint density at radius 2 is 1.70 bits per heavy atom.